The van der Waals surface area contributed by atoms with E-state index in [1.54, 1.807) is 36.4 Å². The molecule has 5 nitrogen and oxygen atoms in total. The highest BCUT2D eigenvalue weighted by atomic mass is 127. The van der Waals surface area contributed by atoms with Gasteiger partial charge in [0, 0.05) is 12.0 Å². The Balaban J connectivity index is 1.96. The molecule has 1 N–H and O–H groups in total. The minimum Gasteiger partial charge on any atom is -0.506 e. The summed E-state index contributed by atoms with van der Waals surface area (Å²) < 4.78 is 12.5. The number of hydrogen-bond acceptors (Lipinski definition) is 5. The lowest BCUT2D eigenvalue weighted by atomic mass is 10.1. The van der Waals surface area contributed by atoms with Crippen LogP contribution >= 0.6 is 45.2 Å². The summed E-state index contributed by atoms with van der Waals surface area (Å²) in [4.78, 5) is 25.6. The van der Waals surface area contributed by atoms with Gasteiger partial charge in [0.25, 0.3) is 0 Å². The van der Waals surface area contributed by atoms with Gasteiger partial charge < -0.3 is 14.3 Å². The molecule has 3 aromatic rings. The molecule has 3 rings (SSSR count). The van der Waals surface area contributed by atoms with Crippen molar-refractivity contribution < 1.29 is 23.8 Å². The molecule has 0 aliphatic carbocycles. The Labute approximate surface area is 196 Å². The fourth-order valence-electron chi connectivity index (χ4n) is 2.92. The SMILES string of the molecule is CC(C)CCCC(=O)Oc1c(C(=O)c2cc(I)c(O)c(I)c2)oc2ccccc12. The summed E-state index contributed by atoms with van der Waals surface area (Å²) in [5.41, 5.74) is 0.830. The van der Waals surface area contributed by atoms with Crippen LogP contribution in [0, 0.1) is 13.1 Å². The van der Waals surface area contributed by atoms with Crippen LogP contribution in [0.2, 0.25) is 0 Å². The molecule has 2 aromatic carbocycles. The Morgan fingerprint density at radius 3 is 2.45 bits per heavy atom. The van der Waals surface area contributed by atoms with Crippen molar-refractivity contribution in [2.75, 3.05) is 0 Å². The number of aromatic hydroxyl groups is 1. The fourth-order valence-corrected chi connectivity index (χ4v) is 4.69. The van der Waals surface area contributed by atoms with Crippen molar-refractivity contribution >= 4 is 67.9 Å². The number of esters is 1. The molecular weight excluding hydrogens is 598 g/mol. The number of fused-ring (bicyclic) bond motifs is 1. The van der Waals surface area contributed by atoms with E-state index in [1.807, 2.05) is 45.2 Å². The predicted molar refractivity (Wildman–Crippen MR) is 128 cm³/mol. The van der Waals surface area contributed by atoms with Crippen molar-refractivity contribution in [1.82, 2.24) is 0 Å². The van der Waals surface area contributed by atoms with E-state index in [0.717, 1.165) is 12.8 Å². The molecule has 0 aliphatic heterocycles. The highest BCUT2D eigenvalue weighted by molar-refractivity contribution is 14.1. The van der Waals surface area contributed by atoms with Gasteiger partial charge in [-0.1, -0.05) is 32.4 Å². The molecule has 0 amide bonds. The Kier molecular flexibility index (Phi) is 7.20. The van der Waals surface area contributed by atoms with Crippen LogP contribution in [0.5, 0.6) is 11.5 Å². The molecule has 1 heterocycles. The third-order valence-electron chi connectivity index (χ3n) is 4.41. The molecular formula is C22H20I2O5. The number of phenolic OH excluding ortho intramolecular Hbond substituents is 1. The molecule has 29 heavy (non-hydrogen) atoms. The van der Waals surface area contributed by atoms with E-state index in [4.69, 9.17) is 9.15 Å². The smallest absolute Gasteiger partial charge is 0.311 e. The molecule has 0 aliphatic rings. The average molecular weight is 618 g/mol. The zero-order chi connectivity index (χ0) is 21.1. The number of hydrogen-bond donors (Lipinski definition) is 1. The molecule has 7 heteroatoms. The lowest BCUT2D eigenvalue weighted by Crippen LogP contribution is -2.11. The van der Waals surface area contributed by atoms with Gasteiger partial charge in [0.2, 0.25) is 11.5 Å². The second kappa shape index (κ2) is 9.46. The van der Waals surface area contributed by atoms with Gasteiger partial charge in [-0.2, -0.15) is 0 Å². The second-order valence-corrected chi connectivity index (χ2v) is 9.46. The number of carbonyl (C=O) groups is 2. The molecule has 0 unspecified atom stereocenters. The fraction of sp³-hybridized carbons (Fsp3) is 0.273. The number of benzene rings is 2. The van der Waals surface area contributed by atoms with Crippen LogP contribution in [0.3, 0.4) is 0 Å². The molecule has 0 spiro atoms. The maximum Gasteiger partial charge on any atom is 0.311 e. The van der Waals surface area contributed by atoms with Crippen LogP contribution in [0.4, 0.5) is 0 Å². The summed E-state index contributed by atoms with van der Waals surface area (Å²) in [5.74, 6) is -0.0135. The van der Waals surface area contributed by atoms with E-state index < -0.39 is 5.78 Å². The summed E-state index contributed by atoms with van der Waals surface area (Å²) in [6.45, 7) is 4.21. The van der Waals surface area contributed by atoms with Crippen molar-refractivity contribution in [2.45, 2.75) is 33.1 Å². The predicted octanol–water partition coefficient (Wildman–Crippen LogP) is 6.31. The standard InChI is InChI=1S/C22H20I2O5/c1-12(2)6-5-9-18(25)29-21-14-7-3-4-8-17(14)28-22(21)19(26)13-10-15(23)20(27)16(24)11-13/h3-4,7-8,10-12,27H,5-6,9H2,1-2H3. The number of phenols is 1. The molecule has 1 aromatic heterocycles. The number of rotatable bonds is 7. The summed E-state index contributed by atoms with van der Waals surface area (Å²) in [6, 6.07) is 10.3. The maximum absolute atomic E-state index is 13.2. The van der Waals surface area contributed by atoms with Crippen molar-refractivity contribution in [1.29, 1.82) is 0 Å². The zero-order valence-corrected chi connectivity index (χ0v) is 20.3. The highest BCUT2D eigenvalue weighted by Crippen LogP contribution is 2.36. The van der Waals surface area contributed by atoms with Crippen LogP contribution in [0.1, 0.15) is 49.2 Å². The highest BCUT2D eigenvalue weighted by Gasteiger charge is 2.26. The Hall–Kier alpha value is -1.62. The topological polar surface area (TPSA) is 76.7 Å². The number of halogens is 2. The van der Waals surface area contributed by atoms with E-state index in [2.05, 4.69) is 13.8 Å². The monoisotopic (exact) mass is 618 g/mol. The normalized spacial score (nSPS) is 11.2. The molecule has 0 atom stereocenters. The lowest BCUT2D eigenvalue weighted by molar-refractivity contribution is -0.134. The second-order valence-electron chi connectivity index (χ2n) is 7.13. The number of ketones is 1. The van der Waals surface area contributed by atoms with E-state index >= 15 is 0 Å². The average Bonchev–Trinajstić information content (AvgIpc) is 3.03. The molecule has 0 saturated carbocycles. The van der Waals surface area contributed by atoms with Gasteiger partial charge in [-0.3, -0.25) is 9.59 Å². The number of furan rings is 1. The summed E-state index contributed by atoms with van der Waals surface area (Å²) in [7, 11) is 0. The van der Waals surface area contributed by atoms with Crippen LogP contribution in [0.15, 0.2) is 40.8 Å². The van der Waals surface area contributed by atoms with Gasteiger partial charge >= 0.3 is 5.97 Å². The Morgan fingerprint density at radius 2 is 1.79 bits per heavy atom. The quantitative estimate of drug-likeness (QED) is 0.191. The first-order valence-electron chi connectivity index (χ1n) is 9.22. The van der Waals surface area contributed by atoms with E-state index in [-0.39, 0.29) is 29.6 Å². The first-order valence-corrected chi connectivity index (χ1v) is 11.4. The van der Waals surface area contributed by atoms with Gasteiger partial charge in [-0.25, -0.2) is 0 Å². The molecule has 0 bridgehead atoms. The summed E-state index contributed by atoms with van der Waals surface area (Å²) >= 11 is 3.94. The first-order chi connectivity index (χ1) is 13.8. The third kappa shape index (κ3) is 5.11. The van der Waals surface area contributed by atoms with Gasteiger partial charge in [-0.05, 0) is 81.8 Å². The van der Waals surface area contributed by atoms with Crippen molar-refractivity contribution in [3.63, 3.8) is 0 Å². The van der Waals surface area contributed by atoms with Crippen molar-refractivity contribution in [3.05, 3.63) is 54.9 Å². The maximum atomic E-state index is 13.2. The Bertz CT molecular complexity index is 1050. The third-order valence-corrected chi connectivity index (χ3v) is 6.06. The van der Waals surface area contributed by atoms with Crippen LogP contribution in [-0.2, 0) is 4.79 Å². The van der Waals surface area contributed by atoms with Crippen molar-refractivity contribution in [2.24, 2.45) is 5.92 Å². The van der Waals surface area contributed by atoms with Gasteiger partial charge in [0.1, 0.15) is 11.3 Å². The van der Waals surface area contributed by atoms with Gasteiger partial charge in [0.15, 0.2) is 5.75 Å². The molecule has 0 radical (unpaired) electrons. The van der Waals surface area contributed by atoms with Gasteiger partial charge in [-0.15, -0.1) is 0 Å². The van der Waals surface area contributed by atoms with Crippen molar-refractivity contribution in [3.8, 4) is 11.5 Å². The summed E-state index contributed by atoms with van der Waals surface area (Å²) in [6.07, 6.45) is 1.93. The van der Waals surface area contributed by atoms with E-state index in [0.29, 0.717) is 29.6 Å². The van der Waals surface area contributed by atoms with Crippen LogP contribution < -0.4 is 4.74 Å². The molecule has 152 valence electrons. The van der Waals surface area contributed by atoms with Crippen LogP contribution in [0.25, 0.3) is 11.0 Å². The lowest BCUT2D eigenvalue weighted by Gasteiger charge is -2.07. The zero-order valence-electron chi connectivity index (χ0n) is 16.0. The number of ether oxygens (including phenoxy) is 1. The molecule has 0 fully saturated rings. The number of para-hydroxylation sites is 1. The first kappa shape index (κ1) is 22.1. The minimum absolute atomic E-state index is 0.0132. The number of carbonyl (C=O) groups excluding carboxylic acids is 2. The van der Waals surface area contributed by atoms with Gasteiger partial charge in [0.05, 0.1) is 12.5 Å². The largest absolute Gasteiger partial charge is 0.506 e. The minimum atomic E-state index is -0.401. The summed E-state index contributed by atoms with van der Waals surface area (Å²) in [5, 5.41) is 10.6. The molecule has 0 saturated heterocycles. The van der Waals surface area contributed by atoms with Crippen LogP contribution in [-0.4, -0.2) is 16.9 Å². The van der Waals surface area contributed by atoms with E-state index in [1.165, 1.54) is 0 Å². The van der Waals surface area contributed by atoms with E-state index in [9.17, 15) is 14.7 Å². The Morgan fingerprint density at radius 1 is 1.14 bits per heavy atom.